The lowest BCUT2D eigenvalue weighted by atomic mass is 9.94. The minimum atomic E-state index is -0.796. The van der Waals surface area contributed by atoms with E-state index < -0.39 is 5.97 Å². The van der Waals surface area contributed by atoms with Crippen molar-refractivity contribution in [3.05, 3.63) is 18.0 Å². The van der Waals surface area contributed by atoms with Gasteiger partial charge in [0.1, 0.15) is 5.69 Å². The van der Waals surface area contributed by atoms with Crippen LogP contribution in [0.4, 0.5) is 0 Å². The predicted octanol–water partition coefficient (Wildman–Crippen LogP) is 0.747. The van der Waals surface area contributed by atoms with Gasteiger partial charge in [-0.3, -0.25) is 14.3 Å². The Morgan fingerprint density at radius 2 is 2.33 bits per heavy atom. The molecule has 0 saturated carbocycles. The Morgan fingerprint density at radius 3 is 2.94 bits per heavy atom. The van der Waals surface area contributed by atoms with Crippen LogP contribution >= 0.6 is 0 Å². The first-order valence-electron chi connectivity index (χ1n) is 6.07. The van der Waals surface area contributed by atoms with Gasteiger partial charge < -0.3 is 10.0 Å². The second-order valence-electron chi connectivity index (χ2n) is 4.70. The molecule has 0 spiro atoms. The molecule has 0 bridgehead atoms. The van der Waals surface area contributed by atoms with Gasteiger partial charge in [0.2, 0.25) is 0 Å². The number of piperidine rings is 1. The van der Waals surface area contributed by atoms with Crippen LogP contribution in [0.25, 0.3) is 0 Å². The van der Waals surface area contributed by atoms with E-state index in [1.54, 1.807) is 28.9 Å². The molecule has 2 heterocycles. The van der Waals surface area contributed by atoms with E-state index in [2.05, 4.69) is 5.10 Å². The lowest BCUT2D eigenvalue weighted by Crippen LogP contribution is -2.41. The predicted molar refractivity (Wildman–Crippen MR) is 64.1 cm³/mol. The second-order valence-corrected chi connectivity index (χ2v) is 4.70. The molecule has 6 nitrogen and oxygen atoms in total. The summed E-state index contributed by atoms with van der Waals surface area (Å²) < 4.78 is 1.54. The smallest absolute Gasteiger partial charge is 0.303 e. The fraction of sp³-hybridized carbons (Fsp3) is 0.583. The van der Waals surface area contributed by atoms with Crippen LogP contribution in [0.5, 0.6) is 0 Å². The van der Waals surface area contributed by atoms with Crippen molar-refractivity contribution in [2.45, 2.75) is 19.3 Å². The maximum absolute atomic E-state index is 12.2. The Hall–Kier alpha value is -1.85. The molecule has 2 rings (SSSR count). The number of carboxylic acid groups (broad SMARTS) is 1. The minimum Gasteiger partial charge on any atom is -0.481 e. The van der Waals surface area contributed by atoms with E-state index in [-0.39, 0.29) is 18.2 Å². The average Bonchev–Trinajstić information content (AvgIpc) is 2.74. The maximum atomic E-state index is 12.2. The number of aromatic nitrogens is 2. The van der Waals surface area contributed by atoms with Crippen molar-refractivity contribution in [3.8, 4) is 0 Å². The SMILES string of the molecule is Cn1nccc1C(=O)N1CCCC(CC(=O)O)C1. The van der Waals surface area contributed by atoms with Crippen LogP contribution in [0.3, 0.4) is 0 Å². The maximum Gasteiger partial charge on any atom is 0.303 e. The van der Waals surface area contributed by atoms with Gasteiger partial charge >= 0.3 is 5.97 Å². The molecule has 1 unspecified atom stereocenters. The van der Waals surface area contributed by atoms with Gasteiger partial charge in [0.05, 0.1) is 0 Å². The fourth-order valence-electron chi connectivity index (χ4n) is 2.41. The molecule has 1 atom stereocenters. The third kappa shape index (κ3) is 2.69. The zero-order chi connectivity index (χ0) is 13.1. The molecule has 1 fully saturated rings. The summed E-state index contributed by atoms with van der Waals surface area (Å²) in [5.41, 5.74) is 0.547. The number of hydrogen-bond acceptors (Lipinski definition) is 3. The highest BCUT2D eigenvalue weighted by atomic mass is 16.4. The van der Waals surface area contributed by atoms with Gasteiger partial charge in [-0.1, -0.05) is 0 Å². The molecule has 1 aliphatic rings. The standard InChI is InChI=1S/C12H17N3O3/c1-14-10(4-5-13-14)12(18)15-6-2-3-9(8-15)7-11(16)17/h4-5,9H,2-3,6-8H2,1H3,(H,16,17). The second kappa shape index (κ2) is 5.20. The molecular weight excluding hydrogens is 234 g/mol. The van der Waals surface area contributed by atoms with Crippen LogP contribution < -0.4 is 0 Å². The van der Waals surface area contributed by atoms with E-state index in [1.165, 1.54) is 0 Å². The van der Waals surface area contributed by atoms with Gasteiger partial charge in [0.25, 0.3) is 5.91 Å². The van der Waals surface area contributed by atoms with Crippen LogP contribution in [-0.2, 0) is 11.8 Å². The van der Waals surface area contributed by atoms with Crippen molar-refractivity contribution in [1.29, 1.82) is 0 Å². The topological polar surface area (TPSA) is 75.4 Å². The first-order valence-corrected chi connectivity index (χ1v) is 6.07. The molecule has 1 aliphatic heterocycles. The third-order valence-electron chi connectivity index (χ3n) is 3.31. The summed E-state index contributed by atoms with van der Waals surface area (Å²) in [6, 6.07) is 1.68. The Bertz CT molecular complexity index is 455. The van der Waals surface area contributed by atoms with Crippen molar-refractivity contribution >= 4 is 11.9 Å². The van der Waals surface area contributed by atoms with Crippen molar-refractivity contribution < 1.29 is 14.7 Å². The van der Waals surface area contributed by atoms with E-state index in [9.17, 15) is 9.59 Å². The Balaban J connectivity index is 2.03. The number of aliphatic carboxylic acids is 1. The van der Waals surface area contributed by atoms with Crippen molar-refractivity contribution in [2.24, 2.45) is 13.0 Å². The molecule has 1 aromatic heterocycles. The summed E-state index contributed by atoms with van der Waals surface area (Å²) in [7, 11) is 1.73. The highest BCUT2D eigenvalue weighted by molar-refractivity contribution is 5.92. The van der Waals surface area contributed by atoms with E-state index in [0.717, 1.165) is 12.8 Å². The zero-order valence-electron chi connectivity index (χ0n) is 10.4. The van der Waals surface area contributed by atoms with Gasteiger partial charge in [0, 0.05) is 32.8 Å². The molecule has 0 radical (unpaired) electrons. The number of nitrogens with zero attached hydrogens (tertiary/aromatic N) is 3. The van der Waals surface area contributed by atoms with E-state index in [4.69, 9.17) is 5.11 Å². The molecule has 18 heavy (non-hydrogen) atoms. The van der Waals surface area contributed by atoms with Crippen LogP contribution in [0.15, 0.2) is 12.3 Å². The summed E-state index contributed by atoms with van der Waals surface area (Å²) >= 11 is 0. The number of likely N-dealkylation sites (tertiary alicyclic amines) is 1. The molecule has 0 aliphatic carbocycles. The first kappa shape index (κ1) is 12.6. The number of carbonyl (C=O) groups is 2. The van der Waals surface area contributed by atoms with Gasteiger partial charge in [-0.05, 0) is 24.8 Å². The van der Waals surface area contributed by atoms with Crippen molar-refractivity contribution in [1.82, 2.24) is 14.7 Å². The van der Waals surface area contributed by atoms with Crippen LogP contribution in [-0.4, -0.2) is 44.8 Å². The minimum absolute atomic E-state index is 0.0634. The van der Waals surface area contributed by atoms with E-state index >= 15 is 0 Å². The Labute approximate surface area is 105 Å². The summed E-state index contributed by atoms with van der Waals surface area (Å²) in [4.78, 5) is 24.7. The summed E-state index contributed by atoms with van der Waals surface area (Å²) in [6.45, 7) is 1.22. The monoisotopic (exact) mass is 251 g/mol. The zero-order valence-corrected chi connectivity index (χ0v) is 10.4. The normalized spacial score (nSPS) is 19.8. The Kier molecular flexibility index (Phi) is 3.64. The quantitative estimate of drug-likeness (QED) is 0.860. The molecule has 1 N–H and O–H groups in total. The number of aryl methyl sites for hydroxylation is 1. The number of carboxylic acids is 1. The molecule has 1 saturated heterocycles. The largest absolute Gasteiger partial charge is 0.481 e. The lowest BCUT2D eigenvalue weighted by Gasteiger charge is -2.32. The van der Waals surface area contributed by atoms with Gasteiger partial charge in [-0.2, -0.15) is 5.10 Å². The van der Waals surface area contributed by atoms with Crippen LogP contribution in [0.2, 0.25) is 0 Å². The van der Waals surface area contributed by atoms with E-state index in [1.807, 2.05) is 0 Å². The van der Waals surface area contributed by atoms with Crippen LogP contribution in [0, 0.1) is 5.92 Å². The van der Waals surface area contributed by atoms with Crippen LogP contribution in [0.1, 0.15) is 29.8 Å². The molecule has 1 aromatic rings. The average molecular weight is 251 g/mol. The molecule has 98 valence electrons. The highest BCUT2D eigenvalue weighted by Crippen LogP contribution is 2.21. The highest BCUT2D eigenvalue weighted by Gasteiger charge is 2.26. The van der Waals surface area contributed by atoms with Crippen molar-refractivity contribution in [3.63, 3.8) is 0 Å². The molecule has 6 heteroatoms. The number of rotatable bonds is 3. The fourth-order valence-corrected chi connectivity index (χ4v) is 2.41. The molecular formula is C12H17N3O3. The molecule has 0 aromatic carbocycles. The lowest BCUT2D eigenvalue weighted by molar-refractivity contribution is -0.138. The van der Waals surface area contributed by atoms with E-state index in [0.29, 0.717) is 18.8 Å². The Morgan fingerprint density at radius 1 is 1.56 bits per heavy atom. The number of amides is 1. The van der Waals surface area contributed by atoms with Crippen molar-refractivity contribution in [2.75, 3.05) is 13.1 Å². The van der Waals surface area contributed by atoms with Gasteiger partial charge in [0.15, 0.2) is 0 Å². The van der Waals surface area contributed by atoms with Gasteiger partial charge in [-0.15, -0.1) is 0 Å². The summed E-state index contributed by atoms with van der Waals surface area (Å²) in [6.07, 6.45) is 3.46. The first-order chi connectivity index (χ1) is 8.58. The van der Waals surface area contributed by atoms with Gasteiger partial charge in [-0.25, -0.2) is 0 Å². The summed E-state index contributed by atoms with van der Waals surface area (Å²) in [5, 5.41) is 12.8. The number of carbonyl (C=O) groups excluding carboxylic acids is 1. The summed E-state index contributed by atoms with van der Waals surface area (Å²) in [5.74, 6) is -0.798. The number of hydrogen-bond donors (Lipinski definition) is 1. The third-order valence-corrected chi connectivity index (χ3v) is 3.31. The molecule has 1 amide bonds.